The fraction of sp³-hybridized carbons (Fsp3) is 0.200. The van der Waals surface area contributed by atoms with Crippen LogP contribution in [0.3, 0.4) is 0 Å². The zero-order chi connectivity index (χ0) is 18.1. The number of rotatable bonds is 5. The summed E-state index contributed by atoms with van der Waals surface area (Å²) in [7, 11) is 0. The van der Waals surface area contributed by atoms with Gasteiger partial charge in [-0.25, -0.2) is 0 Å². The van der Waals surface area contributed by atoms with Crippen LogP contribution in [0.5, 0.6) is 0 Å². The van der Waals surface area contributed by atoms with Gasteiger partial charge < -0.3 is 9.88 Å². The molecule has 0 saturated carbocycles. The molecule has 1 amide bonds. The van der Waals surface area contributed by atoms with Gasteiger partial charge in [-0.15, -0.1) is 11.3 Å². The molecule has 0 aliphatic heterocycles. The fourth-order valence-electron chi connectivity index (χ4n) is 3.25. The van der Waals surface area contributed by atoms with Crippen LogP contribution in [0.15, 0.2) is 48.0 Å². The minimum Gasteiger partial charge on any atom is -0.347 e. The van der Waals surface area contributed by atoms with Crippen molar-refractivity contribution in [3.63, 3.8) is 0 Å². The van der Waals surface area contributed by atoms with Crippen molar-refractivity contribution in [2.24, 2.45) is 0 Å². The molecule has 0 aliphatic rings. The largest absolute Gasteiger partial charge is 0.347 e. The summed E-state index contributed by atoms with van der Waals surface area (Å²) in [5.74, 6) is 0.536. The molecule has 0 aliphatic carbocycles. The summed E-state index contributed by atoms with van der Waals surface area (Å²) in [4.78, 5) is 13.7. The van der Waals surface area contributed by atoms with Crippen molar-refractivity contribution in [2.45, 2.75) is 26.8 Å². The number of fused-ring (bicyclic) bond motifs is 1. The van der Waals surface area contributed by atoms with Gasteiger partial charge in [0.25, 0.3) is 0 Å². The van der Waals surface area contributed by atoms with Crippen LogP contribution >= 0.6 is 11.3 Å². The van der Waals surface area contributed by atoms with E-state index in [2.05, 4.69) is 45.3 Å². The molecular weight excluding hydrogens is 344 g/mol. The molecule has 0 bridgehead atoms. The number of carbonyl (C=O) groups is 1. The van der Waals surface area contributed by atoms with E-state index in [9.17, 15) is 4.79 Å². The summed E-state index contributed by atoms with van der Waals surface area (Å²) in [6, 6.07) is 12.2. The lowest BCUT2D eigenvalue weighted by Crippen LogP contribution is -2.15. The summed E-state index contributed by atoms with van der Waals surface area (Å²) >= 11 is 1.64. The van der Waals surface area contributed by atoms with Crippen molar-refractivity contribution in [1.82, 2.24) is 14.8 Å². The van der Waals surface area contributed by atoms with Crippen molar-refractivity contribution < 1.29 is 4.79 Å². The molecule has 3 heterocycles. The number of anilines is 1. The maximum absolute atomic E-state index is 12.6. The highest BCUT2D eigenvalue weighted by molar-refractivity contribution is 7.13. The number of carbonyl (C=O) groups excluding carboxylic acids is 1. The molecule has 4 aromatic rings. The first kappa shape index (κ1) is 16.6. The summed E-state index contributed by atoms with van der Waals surface area (Å²) in [6.07, 6.45) is 2.40. The highest BCUT2D eigenvalue weighted by Gasteiger charge is 2.16. The average Bonchev–Trinajstić information content (AvgIpc) is 3.36. The summed E-state index contributed by atoms with van der Waals surface area (Å²) in [5.41, 5.74) is 4.11. The number of H-pyrrole nitrogens is 1. The molecule has 3 aromatic heterocycles. The van der Waals surface area contributed by atoms with E-state index in [1.165, 1.54) is 0 Å². The Balaban J connectivity index is 1.55. The van der Waals surface area contributed by atoms with Gasteiger partial charge in [0.05, 0.1) is 17.0 Å². The maximum atomic E-state index is 12.6. The number of hydrogen-bond donors (Lipinski definition) is 2. The molecule has 0 radical (unpaired) electrons. The van der Waals surface area contributed by atoms with Gasteiger partial charge in [0.2, 0.25) is 5.91 Å². The van der Waals surface area contributed by atoms with E-state index in [-0.39, 0.29) is 5.91 Å². The zero-order valence-electron chi connectivity index (χ0n) is 14.7. The Morgan fingerprint density at radius 2 is 2.12 bits per heavy atom. The molecule has 0 atom stereocenters. The first-order chi connectivity index (χ1) is 12.7. The third-order valence-corrected chi connectivity index (χ3v) is 5.49. The molecule has 0 unspecified atom stereocenters. The van der Waals surface area contributed by atoms with E-state index in [1.54, 1.807) is 11.3 Å². The molecule has 5 nitrogen and oxygen atoms in total. The van der Waals surface area contributed by atoms with E-state index in [1.807, 2.05) is 36.6 Å². The van der Waals surface area contributed by atoms with Gasteiger partial charge in [-0.2, -0.15) is 5.10 Å². The monoisotopic (exact) mass is 364 g/mol. The van der Waals surface area contributed by atoms with Crippen LogP contribution in [-0.2, 0) is 17.8 Å². The standard InChI is InChI=1S/C20H20N4OS/c1-3-24-12-14(15-7-4-5-8-16(15)24)11-18(25)21-20-13(2)19(22-23-20)17-9-6-10-26-17/h4-10,12H,3,11H2,1-2H3,(H2,21,22,23,25). The predicted molar refractivity (Wildman–Crippen MR) is 107 cm³/mol. The Morgan fingerprint density at radius 3 is 2.88 bits per heavy atom. The molecule has 0 fully saturated rings. The summed E-state index contributed by atoms with van der Waals surface area (Å²) in [6.45, 7) is 4.96. The highest BCUT2D eigenvalue weighted by atomic mass is 32.1. The number of aromatic amines is 1. The van der Waals surface area contributed by atoms with Crippen LogP contribution in [0.25, 0.3) is 21.5 Å². The van der Waals surface area contributed by atoms with Gasteiger partial charge in [0, 0.05) is 29.2 Å². The second-order valence-corrected chi connectivity index (χ2v) is 7.18. The first-order valence-electron chi connectivity index (χ1n) is 8.62. The molecule has 1 aromatic carbocycles. The number of nitrogens with zero attached hydrogens (tertiary/aromatic N) is 2. The third kappa shape index (κ3) is 2.93. The molecule has 26 heavy (non-hydrogen) atoms. The number of aryl methyl sites for hydroxylation is 1. The Kier molecular flexibility index (Phi) is 4.34. The Morgan fingerprint density at radius 1 is 1.27 bits per heavy atom. The zero-order valence-corrected chi connectivity index (χ0v) is 15.6. The quantitative estimate of drug-likeness (QED) is 0.543. The van der Waals surface area contributed by atoms with Gasteiger partial charge in [0.15, 0.2) is 5.82 Å². The molecule has 4 rings (SSSR count). The summed E-state index contributed by atoms with van der Waals surface area (Å²) < 4.78 is 2.17. The van der Waals surface area contributed by atoms with Gasteiger partial charge in [-0.3, -0.25) is 9.89 Å². The van der Waals surface area contributed by atoms with E-state index >= 15 is 0 Å². The van der Waals surface area contributed by atoms with Crippen molar-refractivity contribution in [3.8, 4) is 10.6 Å². The van der Waals surface area contributed by atoms with Crippen molar-refractivity contribution in [1.29, 1.82) is 0 Å². The number of para-hydroxylation sites is 1. The number of nitrogens with one attached hydrogen (secondary N) is 2. The van der Waals surface area contributed by atoms with E-state index in [0.717, 1.165) is 39.1 Å². The predicted octanol–water partition coefficient (Wildman–Crippen LogP) is 4.60. The maximum Gasteiger partial charge on any atom is 0.230 e. The van der Waals surface area contributed by atoms with E-state index in [4.69, 9.17) is 0 Å². The average molecular weight is 364 g/mol. The van der Waals surface area contributed by atoms with Gasteiger partial charge in [-0.1, -0.05) is 24.3 Å². The Labute approximate surface area is 155 Å². The lowest BCUT2D eigenvalue weighted by molar-refractivity contribution is -0.115. The molecular formula is C20H20N4OS. The van der Waals surface area contributed by atoms with Crippen LogP contribution < -0.4 is 5.32 Å². The van der Waals surface area contributed by atoms with Crippen LogP contribution in [0.2, 0.25) is 0 Å². The number of benzene rings is 1. The normalized spacial score (nSPS) is 11.2. The van der Waals surface area contributed by atoms with Crippen LogP contribution in [0.1, 0.15) is 18.1 Å². The fourth-order valence-corrected chi connectivity index (χ4v) is 4.03. The van der Waals surface area contributed by atoms with Gasteiger partial charge in [0.1, 0.15) is 0 Å². The molecule has 6 heteroatoms. The van der Waals surface area contributed by atoms with Crippen molar-refractivity contribution in [3.05, 3.63) is 59.1 Å². The smallest absolute Gasteiger partial charge is 0.230 e. The second kappa shape index (κ2) is 6.80. The minimum atomic E-state index is -0.0589. The van der Waals surface area contributed by atoms with Crippen LogP contribution in [-0.4, -0.2) is 20.7 Å². The Hall–Kier alpha value is -2.86. The van der Waals surface area contributed by atoms with E-state index < -0.39 is 0 Å². The third-order valence-electron chi connectivity index (χ3n) is 4.60. The van der Waals surface area contributed by atoms with Crippen LogP contribution in [0.4, 0.5) is 5.82 Å². The lowest BCUT2D eigenvalue weighted by Gasteiger charge is -2.03. The van der Waals surface area contributed by atoms with Crippen molar-refractivity contribution in [2.75, 3.05) is 5.32 Å². The number of hydrogen-bond acceptors (Lipinski definition) is 3. The SMILES string of the molecule is CCn1cc(CC(=O)Nc2n[nH]c(-c3cccs3)c2C)c2ccccc21. The second-order valence-electron chi connectivity index (χ2n) is 6.23. The minimum absolute atomic E-state index is 0.0589. The molecule has 2 N–H and O–H groups in total. The highest BCUT2D eigenvalue weighted by Crippen LogP contribution is 2.29. The van der Waals surface area contributed by atoms with Gasteiger partial charge >= 0.3 is 0 Å². The van der Waals surface area contributed by atoms with E-state index in [0.29, 0.717) is 12.2 Å². The number of thiophene rings is 1. The summed E-state index contributed by atoms with van der Waals surface area (Å²) in [5, 5.41) is 13.4. The number of amides is 1. The number of aromatic nitrogens is 3. The molecule has 0 saturated heterocycles. The first-order valence-corrected chi connectivity index (χ1v) is 9.50. The lowest BCUT2D eigenvalue weighted by atomic mass is 10.1. The van der Waals surface area contributed by atoms with Gasteiger partial charge in [-0.05, 0) is 36.9 Å². The topological polar surface area (TPSA) is 62.7 Å². The molecule has 132 valence electrons. The van der Waals surface area contributed by atoms with Crippen molar-refractivity contribution >= 4 is 34.0 Å². The van der Waals surface area contributed by atoms with Crippen LogP contribution in [0, 0.1) is 6.92 Å². The molecule has 0 spiro atoms. The Bertz CT molecular complexity index is 1060.